The summed E-state index contributed by atoms with van der Waals surface area (Å²) in [6, 6.07) is 0. The Balaban J connectivity index is 3.71. The van der Waals surface area contributed by atoms with Crippen molar-refractivity contribution in [2.45, 2.75) is 20.8 Å². The largest absolute Gasteiger partial charge is 0.349 e. The fourth-order valence-corrected chi connectivity index (χ4v) is 0.551. The highest BCUT2D eigenvalue weighted by atomic mass is 16.1. The van der Waals surface area contributed by atoms with Crippen molar-refractivity contribution < 1.29 is 4.79 Å². The number of carbonyl (C=O) groups excluding carboxylic acids is 1. The van der Waals surface area contributed by atoms with Crippen molar-refractivity contribution in [2.75, 3.05) is 6.54 Å². The van der Waals surface area contributed by atoms with Gasteiger partial charge in [0.2, 0.25) is 5.91 Å². The van der Waals surface area contributed by atoms with Gasteiger partial charge in [-0.15, -0.1) is 0 Å². The molecule has 0 saturated carbocycles. The monoisotopic (exact) mass is 153 g/mol. The topological polar surface area (TPSA) is 29.1 Å². The van der Waals surface area contributed by atoms with E-state index in [1.54, 1.807) is 6.08 Å². The van der Waals surface area contributed by atoms with Gasteiger partial charge in [0, 0.05) is 12.6 Å². The normalized spacial score (nSPS) is 8.64. The lowest BCUT2D eigenvalue weighted by Crippen LogP contribution is -2.22. The second-order valence-corrected chi connectivity index (χ2v) is 2.90. The van der Waals surface area contributed by atoms with Crippen LogP contribution in [0.1, 0.15) is 20.8 Å². The number of nitrogens with one attached hydrogen (secondary N) is 1. The lowest BCUT2D eigenvalue weighted by Gasteiger charge is -2.00. The lowest BCUT2D eigenvalue weighted by atomic mass is 10.3. The Morgan fingerprint density at radius 1 is 1.45 bits per heavy atom. The first-order valence-electron chi connectivity index (χ1n) is 3.59. The maximum atomic E-state index is 10.9. The Bertz CT molecular complexity index is 188. The standard InChI is InChI=1S/C9H15NO/c1-7(2)5-9(11)10-6-8(3)4/h5H,3,6H2,1-2,4H3,(H,10,11). The van der Waals surface area contributed by atoms with Crippen molar-refractivity contribution in [1.82, 2.24) is 5.32 Å². The Labute approximate surface area is 68.0 Å². The third-order valence-corrected chi connectivity index (χ3v) is 0.984. The molecular formula is C9H15NO. The highest BCUT2D eigenvalue weighted by molar-refractivity contribution is 5.88. The molecule has 0 aliphatic carbocycles. The zero-order chi connectivity index (χ0) is 8.85. The maximum Gasteiger partial charge on any atom is 0.244 e. The fraction of sp³-hybridized carbons (Fsp3) is 0.444. The summed E-state index contributed by atoms with van der Waals surface area (Å²) in [5.41, 5.74) is 1.96. The molecule has 0 heterocycles. The summed E-state index contributed by atoms with van der Waals surface area (Å²) in [5.74, 6) is -0.0481. The molecule has 11 heavy (non-hydrogen) atoms. The van der Waals surface area contributed by atoms with E-state index in [1.165, 1.54) is 0 Å². The molecule has 0 aliphatic heterocycles. The van der Waals surface area contributed by atoms with Crippen molar-refractivity contribution >= 4 is 5.91 Å². The van der Waals surface area contributed by atoms with Gasteiger partial charge in [-0.2, -0.15) is 0 Å². The molecule has 0 rings (SSSR count). The lowest BCUT2D eigenvalue weighted by molar-refractivity contribution is -0.116. The van der Waals surface area contributed by atoms with E-state index in [0.717, 1.165) is 11.1 Å². The SMILES string of the molecule is C=C(C)CNC(=O)C=C(C)C. The molecule has 0 spiro atoms. The van der Waals surface area contributed by atoms with Gasteiger partial charge in [0.1, 0.15) is 0 Å². The number of hydrogen-bond acceptors (Lipinski definition) is 1. The minimum absolute atomic E-state index is 0.0481. The third kappa shape index (κ3) is 6.84. The first-order valence-corrected chi connectivity index (χ1v) is 3.59. The van der Waals surface area contributed by atoms with Crippen LogP contribution in [-0.2, 0) is 4.79 Å². The summed E-state index contributed by atoms with van der Waals surface area (Å²) in [5, 5.41) is 2.70. The average molecular weight is 153 g/mol. The highest BCUT2D eigenvalue weighted by Crippen LogP contribution is 1.88. The molecule has 62 valence electrons. The van der Waals surface area contributed by atoms with E-state index in [4.69, 9.17) is 0 Å². The molecule has 1 amide bonds. The molecule has 0 atom stereocenters. The van der Waals surface area contributed by atoms with E-state index in [1.807, 2.05) is 20.8 Å². The quantitative estimate of drug-likeness (QED) is 0.484. The molecule has 0 aromatic heterocycles. The van der Waals surface area contributed by atoms with Crippen molar-refractivity contribution in [3.05, 3.63) is 23.8 Å². The van der Waals surface area contributed by atoms with Crippen LogP contribution in [0.3, 0.4) is 0 Å². The first kappa shape index (κ1) is 9.95. The van der Waals surface area contributed by atoms with E-state index >= 15 is 0 Å². The predicted molar refractivity (Wildman–Crippen MR) is 47.3 cm³/mol. The molecule has 0 aromatic rings. The second kappa shape index (κ2) is 4.72. The van der Waals surface area contributed by atoms with Gasteiger partial charge < -0.3 is 5.32 Å². The predicted octanol–water partition coefficient (Wildman–Crippen LogP) is 1.64. The van der Waals surface area contributed by atoms with Gasteiger partial charge in [-0.1, -0.05) is 17.7 Å². The molecular weight excluding hydrogens is 138 g/mol. The molecule has 0 saturated heterocycles. The molecule has 0 aromatic carbocycles. The van der Waals surface area contributed by atoms with Crippen LogP contribution >= 0.6 is 0 Å². The van der Waals surface area contributed by atoms with E-state index in [0.29, 0.717) is 6.54 Å². The van der Waals surface area contributed by atoms with E-state index in [2.05, 4.69) is 11.9 Å². The van der Waals surface area contributed by atoms with Gasteiger partial charge in [0.05, 0.1) is 0 Å². The highest BCUT2D eigenvalue weighted by Gasteiger charge is 1.93. The summed E-state index contributed by atoms with van der Waals surface area (Å²) >= 11 is 0. The molecule has 0 unspecified atom stereocenters. The molecule has 1 N–H and O–H groups in total. The van der Waals surface area contributed by atoms with Gasteiger partial charge in [0.25, 0.3) is 0 Å². The average Bonchev–Trinajstić information content (AvgIpc) is 1.82. The molecule has 0 radical (unpaired) electrons. The molecule has 2 heteroatoms. The number of carbonyl (C=O) groups is 1. The van der Waals surface area contributed by atoms with E-state index < -0.39 is 0 Å². The second-order valence-electron chi connectivity index (χ2n) is 2.90. The summed E-state index contributed by atoms with van der Waals surface area (Å²) in [6.07, 6.45) is 1.57. The number of amides is 1. The van der Waals surface area contributed by atoms with Gasteiger partial charge in [0.15, 0.2) is 0 Å². The maximum absolute atomic E-state index is 10.9. The minimum Gasteiger partial charge on any atom is -0.349 e. The third-order valence-electron chi connectivity index (χ3n) is 0.984. The van der Waals surface area contributed by atoms with Gasteiger partial charge in [-0.3, -0.25) is 4.79 Å². The summed E-state index contributed by atoms with van der Waals surface area (Å²) in [6.45, 7) is 9.89. The Morgan fingerprint density at radius 2 is 2.00 bits per heavy atom. The zero-order valence-electron chi connectivity index (χ0n) is 7.40. The summed E-state index contributed by atoms with van der Waals surface area (Å²) in [7, 11) is 0. The van der Waals surface area contributed by atoms with Gasteiger partial charge in [-0.05, 0) is 20.8 Å². The smallest absolute Gasteiger partial charge is 0.244 e. The molecule has 0 aliphatic rings. The Kier molecular flexibility index (Phi) is 4.27. The molecule has 0 fully saturated rings. The van der Waals surface area contributed by atoms with Crippen molar-refractivity contribution in [3.8, 4) is 0 Å². The van der Waals surface area contributed by atoms with Gasteiger partial charge in [-0.25, -0.2) is 0 Å². The first-order chi connectivity index (χ1) is 5.02. The molecule has 0 bridgehead atoms. The summed E-state index contributed by atoms with van der Waals surface area (Å²) < 4.78 is 0. The van der Waals surface area contributed by atoms with E-state index in [-0.39, 0.29) is 5.91 Å². The van der Waals surface area contributed by atoms with Gasteiger partial charge >= 0.3 is 0 Å². The fourth-order valence-electron chi connectivity index (χ4n) is 0.551. The number of hydrogen-bond donors (Lipinski definition) is 1. The van der Waals surface area contributed by atoms with E-state index in [9.17, 15) is 4.79 Å². The molecule has 2 nitrogen and oxygen atoms in total. The number of allylic oxidation sites excluding steroid dienone is 1. The van der Waals surface area contributed by atoms with Crippen molar-refractivity contribution in [2.24, 2.45) is 0 Å². The van der Waals surface area contributed by atoms with Crippen LogP contribution in [0.2, 0.25) is 0 Å². The van der Waals surface area contributed by atoms with Crippen molar-refractivity contribution in [1.29, 1.82) is 0 Å². The zero-order valence-corrected chi connectivity index (χ0v) is 7.40. The van der Waals surface area contributed by atoms with Crippen LogP contribution in [-0.4, -0.2) is 12.5 Å². The van der Waals surface area contributed by atoms with Crippen LogP contribution < -0.4 is 5.32 Å². The van der Waals surface area contributed by atoms with Crippen molar-refractivity contribution in [3.63, 3.8) is 0 Å². The summed E-state index contributed by atoms with van der Waals surface area (Å²) in [4.78, 5) is 10.9. The van der Waals surface area contributed by atoms with Crippen LogP contribution in [0.5, 0.6) is 0 Å². The number of rotatable bonds is 3. The van der Waals surface area contributed by atoms with Crippen LogP contribution in [0.25, 0.3) is 0 Å². The Morgan fingerprint density at radius 3 is 2.36 bits per heavy atom. The van der Waals surface area contributed by atoms with Crippen LogP contribution in [0.15, 0.2) is 23.8 Å². The minimum atomic E-state index is -0.0481. The van der Waals surface area contributed by atoms with Crippen LogP contribution in [0, 0.1) is 0 Å². The van der Waals surface area contributed by atoms with Crippen LogP contribution in [0.4, 0.5) is 0 Å². The Hall–Kier alpha value is -1.05.